The Bertz CT molecular complexity index is 3090. The summed E-state index contributed by atoms with van der Waals surface area (Å²) in [5.74, 6) is 0.884. The zero-order chi connectivity index (χ0) is 32.8. The van der Waals surface area contributed by atoms with Gasteiger partial charge in [0.05, 0.1) is 0 Å². The van der Waals surface area contributed by atoms with Gasteiger partial charge in [-0.25, -0.2) is 0 Å². The van der Waals surface area contributed by atoms with Crippen LogP contribution in [-0.4, -0.2) is 0 Å². The van der Waals surface area contributed by atoms with Crippen molar-refractivity contribution in [1.82, 2.24) is 0 Å². The lowest BCUT2D eigenvalue weighted by molar-refractivity contribution is 0.632. The fourth-order valence-electron chi connectivity index (χ4n) is 8.21. The topological polar surface area (TPSA) is 26.3 Å². The molecule has 2 heteroatoms. The quantitative estimate of drug-likeness (QED) is 0.180. The highest BCUT2D eigenvalue weighted by Gasteiger charge is 2.19. The Balaban J connectivity index is 1.15. The number of rotatable bonds is 3. The van der Waals surface area contributed by atoms with E-state index in [4.69, 9.17) is 8.83 Å². The van der Waals surface area contributed by atoms with Gasteiger partial charge in [0, 0.05) is 21.7 Å². The van der Waals surface area contributed by atoms with Crippen molar-refractivity contribution in [1.29, 1.82) is 0 Å². The number of fused-ring (bicyclic) bond motifs is 9. The summed E-state index contributed by atoms with van der Waals surface area (Å²) >= 11 is 0. The molecule has 50 heavy (non-hydrogen) atoms. The standard InChI is InChI=1S/C48H28O2/c1-2-12-34-29(10-1)11-9-18-35(34)45-27-31-21-23-33(28-44(31)50-45)47-38-15-5-3-13-36(38)46(37-14-4-6-16-39(37)47)32-22-20-30-24-25-43-48(41(30)26-32)40-17-7-8-19-42(40)49-43/h1-28H. The van der Waals surface area contributed by atoms with Gasteiger partial charge in [0.1, 0.15) is 22.5 Å². The summed E-state index contributed by atoms with van der Waals surface area (Å²) in [4.78, 5) is 0. The molecule has 0 unspecified atom stereocenters. The van der Waals surface area contributed by atoms with Crippen LogP contribution in [0.4, 0.5) is 0 Å². The third-order valence-corrected chi connectivity index (χ3v) is 10.4. The third-order valence-electron chi connectivity index (χ3n) is 10.4. The molecule has 0 fully saturated rings. The van der Waals surface area contributed by atoms with Gasteiger partial charge in [-0.2, -0.15) is 0 Å². The molecule has 0 radical (unpaired) electrons. The SMILES string of the molecule is c1ccc2c(-c3cc4ccc(-c5c6ccccc6c(-c6ccc7ccc8oc9ccccc9c8c7c6)c6ccccc56)cc4o3)cccc2c1. The van der Waals surface area contributed by atoms with E-state index < -0.39 is 0 Å². The molecule has 9 aromatic carbocycles. The second-order valence-electron chi connectivity index (χ2n) is 13.2. The van der Waals surface area contributed by atoms with Crippen LogP contribution < -0.4 is 0 Å². The predicted octanol–water partition coefficient (Wildman–Crippen LogP) is 13.9. The summed E-state index contributed by atoms with van der Waals surface area (Å²) in [6, 6.07) is 60.8. The van der Waals surface area contributed by atoms with Crippen LogP contribution in [-0.2, 0) is 0 Å². The van der Waals surface area contributed by atoms with Crippen LogP contribution in [0.25, 0.3) is 110 Å². The molecule has 0 bridgehead atoms. The first-order valence-corrected chi connectivity index (χ1v) is 17.1. The highest BCUT2D eigenvalue weighted by molar-refractivity contribution is 6.24. The lowest BCUT2D eigenvalue weighted by atomic mass is 9.85. The zero-order valence-electron chi connectivity index (χ0n) is 27.0. The summed E-state index contributed by atoms with van der Waals surface area (Å²) in [6.45, 7) is 0. The lowest BCUT2D eigenvalue weighted by Gasteiger charge is -2.18. The van der Waals surface area contributed by atoms with Crippen molar-refractivity contribution in [3.8, 4) is 33.6 Å². The van der Waals surface area contributed by atoms with E-state index in [0.717, 1.165) is 44.4 Å². The Hall–Kier alpha value is -6.64. The van der Waals surface area contributed by atoms with E-state index >= 15 is 0 Å². The Kier molecular flexibility index (Phi) is 5.70. The van der Waals surface area contributed by atoms with Crippen molar-refractivity contribution in [3.05, 3.63) is 170 Å². The van der Waals surface area contributed by atoms with Crippen LogP contribution >= 0.6 is 0 Å². The maximum absolute atomic E-state index is 6.63. The predicted molar refractivity (Wildman–Crippen MR) is 210 cm³/mol. The molecule has 0 saturated carbocycles. The molecule has 2 heterocycles. The molecule has 0 atom stereocenters. The van der Waals surface area contributed by atoms with E-state index in [1.54, 1.807) is 0 Å². The maximum Gasteiger partial charge on any atom is 0.136 e. The monoisotopic (exact) mass is 636 g/mol. The molecule has 11 rings (SSSR count). The molecule has 2 aromatic heterocycles. The van der Waals surface area contributed by atoms with Crippen LogP contribution in [0.1, 0.15) is 0 Å². The summed E-state index contributed by atoms with van der Waals surface area (Å²) < 4.78 is 12.9. The Morgan fingerprint density at radius 3 is 1.60 bits per heavy atom. The fraction of sp³-hybridized carbons (Fsp3) is 0. The number of hydrogen-bond donors (Lipinski definition) is 0. The van der Waals surface area contributed by atoms with E-state index in [0.29, 0.717) is 0 Å². The summed E-state index contributed by atoms with van der Waals surface area (Å²) in [6.07, 6.45) is 0. The molecule has 0 spiro atoms. The third kappa shape index (κ3) is 3.96. The van der Waals surface area contributed by atoms with E-state index in [2.05, 4.69) is 164 Å². The van der Waals surface area contributed by atoms with Gasteiger partial charge >= 0.3 is 0 Å². The minimum Gasteiger partial charge on any atom is -0.456 e. The number of hydrogen-bond acceptors (Lipinski definition) is 2. The van der Waals surface area contributed by atoms with Crippen molar-refractivity contribution in [3.63, 3.8) is 0 Å². The highest BCUT2D eigenvalue weighted by Crippen LogP contribution is 2.46. The molecule has 0 aliphatic rings. The lowest BCUT2D eigenvalue weighted by Crippen LogP contribution is -1.91. The van der Waals surface area contributed by atoms with Crippen LogP contribution in [0.2, 0.25) is 0 Å². The molecular weight excluding hydrogens is 609 g/mol. The van der Waals surface area contributed by atoms with Crippen LogP contribution in [0, 0.1) is 0 Å². The second kappa shape index (κ2) is 10.4. The second-order valence-corrected chi connectivity index (χ2v) is 13.2. The Morgan fingerprint density at radius 2 is 0.860 bits per heavy atom. The van der Waals surface area contributed by atoms with Crippen LogP contribution in [0.5, 0.6) is 0 Å². The van der Waals surface area contributed by atoms with Gasteiger partial charge in [0.2, 0.25) is 0 Å². The van der Waals surface area contributed by atoms with Crippen LogP contribution in [0.15, 0.2) is 179 Å². The average Bonchev–Trinajstić information content (AvgIpc) is 3.78. The van der Waals surface area contributed by atoms with E-state index in [-0.39, 0.29) is 0 Å². The molecule has 0 aliphatic heterocycles. The average molecular weight is 637 g/mol. The van der Waals surface area contributed by atoms with Gasteiger partial charge in [-0.1, -0.05) is 140 Å². The first kappa shape index (κ1) is 27.3. The van der Waals surface area contributed by atoms with Crippen molar-refractivity contribution >= 4 is 76.0 Å². The van der Waals surface area contributed by atoms with Crippen molar-refractivity contribution in [2.24, 2.45) is 0 Å². The molecule has 232 valence electrons. The summed E-state index contributed by atoms with van der Waals surface area (Å²) in [7, 11) is 0. The molecule has 2 nitrogen and oxygen atoms in total. The fourth-order valence-corrected chi connectivity index (χ4v) is 8.21. The number of benzene rings is 9. The van der Waals surface area contributed by atoms with Gasteiger partial charge in [-0.15, -0.1) is 0 Å². The Labute approximate surface area is 287 Å². The molecule has 11 aromatic rings. The van der Waals surface area contributed by atoms with Gasteiger partial charge < -0.3 is 8.83 Å². The Morgan fingerprint density at radius 1 is 0.300 bits per heavy atom. The minimum atomic E-state index is 0.883. The van der Waals surface area contributed by atoms with Gasteiger partial charge in [-0.3, -0.25) is 0 Å². The largest absolute Gasteiger partial charge is 0.456 e. The molecule has 0 amide bonds. The number of furan rings is 2. The summed E-state index contributed by atoms with van der Waals surface area (Å²) in [5, 5.41) is 13.1. The van der Waals surface area contributed by atoms with E-state index in [9.17, 15) is 0 Å². The van der Waals surface area contributed by atoms with Crippen molar-refractivity contribution < 1.29 is 8.83 Å². The molecule has 0 aliphatic carbocycles. The first-order valence-electron chi connectivity index (χ1n) is 17.1. The summed E-state index contributed by atoms with van der Waals surface area (Å²) in [5.41, 5.74) is 8.61. The number of para-hydroxylation sites is 1. The van der Waals surface area contributed by atoms with Gasteiger partial charge in [0.15, 0.2) is 0 Å². The molecule has 0 saturated heterocycles. The van der Waals surface area contributed by atoms with Gasteiger partial charge in [0.25, 0.3) is 0 Å². The maximum atomic E-state index is 6.63. The van der Waals surface area contributed by atoms with Gasteiger partial charge in [-0.05, 0) is 95.7 Å². The zero-order valence-corrected chi connectivity index (χ0v) is 27.0. The van der Waals surface area contributed by atoms with Crippen LogP contribution in [0.3, 0.4) is 0 Å². The smallest absolute Gasteiger partial charge is 0.136 e. The molecule has 0 N–H and O–H groups in total. The van der Waals surface area contributed by atoms with E-state index in [1.165, 1.54) is 65.2 Å². The highest BCUT2D eigenvalue weighted by atomic mass is 16.3. The molecular formula is C48H28O2. The normalized spacial score (nSPS) is 12.0. The minimum absolute atomic E-state index is 0.883. The van der Waals surface area contributed by atoms with Crippen molar-refractivity contribution in [2.75, 3.05) is 0 Å². The first-order chi connectivity index (χ1) is 24.8. The van der Waals surface area contributed by atoms with E-state index in [1.807, 2.05) is 6.07 Å². The van der Waals surface area contributed by atoms with Crippen molar-refractivity contribution in [2.45, 2.75) is 0 Å².